The summed E-state index contributed by atoms with van der Waals surface area (Å²) < 4.78 is 186. The van der Waals surface area contributed by atoms with Crippen molar-refractivity contribution in [2.45, 2.75) is 99.3 Å². The van der Waals surface area contributed by atoms with E-state index in [1.807, 2.05) is 0 Å². The van der Waals surface area contributed by atoms with Crippen molar-refractivity contribution in [3.05, 3.63) is 0 Å². The highest BCUT2D eigenvalue weighted by molar-refractivity contribution is 7.46. The van der Waals surface area contributed by atoms with E-state index in [1.54, 1.807) is 13.8 Å². The van der Waals surface area contributed by atoms with Crippen LogP contribution < -0.4 is 0 Å². The molecular formula is C28H56O35P8+6. The molecular weight excluding hydrogens is 1140 g/mol. The summed E-state index contributed by atoms with van der Waals surface area (Å²) >= 11 is 0. The molecule has 0 bridgehead atoms. The van der Waals surface area contributed by atoms with Crippen LogP contribution in [0.3, 0.4) is 0 Å². The van der Waals surface area contributed by atoms with Crippen LogP contribution in [0.15, 0.2) is 0 Å². The van der Waals surface area contributed by atoms with Crippen molar-refractivity contribution in [1.29, 1.82) is 0 Å². The number of rotatable bonds is 38. The molecule has 0 aliphatic heterocycles. The fourth-order valence-electron chi connectivity index (χ4n) is 6.92. The fourth-order valence-corrected chi connectivity index (χ4v) is 10.7. The van der Waals surface area contributed by atoms with E-state index in [2.05, 4.69) is 13.6 Å². The molecule has 0 spiro atoms. The van der Waals surface area contributed by atoms with Gasteiger partial charge in [0, 0.05) is 41.6 Å². The average molecular weight is 1200 g/mol. The van der Waals surface area contributed by atoms with Gasteiger partial charge in [0.1, 0.15) is 36.6 Å². The predicted octanol–water partition coefficient (Wildman–Crippen LogP) is -0.161. The predicted molar refractivity (Wildman–Crippen MR) is 226 cm³/mol. The van der Waals surface area contributed by atoms with Crippen LogP contribution in [0, 0.1) is 0 Å². The maximum atomic E-state index is 12.3. The zero-order valence-electron chi connectivity index (χ0n) is 37.4. The van der Waals surface area contributed by atoms with Crippen molar-refractivity contribution in [3.63, 3.8) is 0 Å². The topological polar surface area (TPSA) is 496 Å². The quantitative estimate of drug-likeness (QED) is 0.0284. The van der Waals surface area contributed by atoms with Gasteiger partial charge in [0.15, 0.2) is 36.6 Å². The highest BCUT2D eigenvalue weighted by Crippen LogP contribution is 2.51. The monoisotopic (exact) mass is 1200 g/mol. The van der Waals surface area contributed by atoms with Crippen LogP contribution in [0.25, 0.3) is 0 Å². The van der Waals surface area contributed by atoms with E-state index < -0.39 is 177 Å². The molecule has 20 atom stereocenters. The summed E-state index contributed by atoms with van der Waals surface area (Å²) in [6, 6.07) is 0. The summed E-state index contributed by atoms with van der Waals surface area (Å²) in [7, 11) is -31.2. The van der Waals surface area contributed by atoms with Crippen LogP contribution >= 0.6 is 65.2 Å². The first-order chi connectivity index (χ1) is 33.2. The Kier molecular flexibility index (Phi) is 32.1. The molecule has 0 aromatic carbocycles. The van der Waals surface area contributed by atoms with Crippen molar-refractivity contribution in [3.8, 4) is 0 Å². The lowest BCUT2D eigenvalue weighted by Gasteiger charge is -2.43. The van der Waals surface area contributed by atoms with Gasteiger partial charge in [-0.15, -0.1) is 56.5 Å². The van der Waals surface area contributed by atoms with Gasteiger partial charge in [-0.1, -0.05) is 0 Å². The largest absolute Gasteiger partial charge is 0.695 e. The van der Waals surface area contributed by atoms with Crippen LogP contribution in [0.2, 0.25) is 0 Å². The minimum absolute atomic E-state index is 0.164. The summed E-state index contributed by atoms with van der Waals surface area (Å²) in [4.78, 5) is 97.3. The normalized spacial score (nSPS) is 29.5. The maximum Gasteiger partial charge on any atom is 0.695 e. The van der Waals surface area contributed by atoms with Crippen LogP contribution in [0.4, 0.5) is 0 Å². The van der Waals surface area contributed by atoms with E-state index in [0.717, 1.165) is 0 Å². The Bertz CT molecular complexity index is 1740. The van der Waals surface area contributed by atoms with E-state index in [4.69, 9.17) is 65.3 Å². The molecule has 43 heteroatoms. The van der Waals surface area contributed by atoms with Crippen LogP contribution in [-0.2, 0) is 115 Å². The third-order valence-electron chi connectivity index (χ3n) is 9.15. The molecule has 0 amide bonds. The molecule has 0 heterocycles. The Morgan fingerprint density at radius 3 is 0.873 bits per heavy atom. The first-order valence-electron chi connectivity index (χ1n) is 19.9. The van der Waals surface area contributed by atoms with Gasteiger partial charge in [-0.05, 0) is 13.8 Å². The first kappa shape index (κ1) is 67.1. The molecule has 2 saturated carbocycles. The van der Waals surface area contributed by atoms with Gasteiger partial charge in [-0.2, -0.15) is 0 Å². The summed E-state index contributed by atoms with van der Waals surface area (Å²) in [6.07, 6.45) is -26.6. The third kappa shape index (κ3) is 25.8. The first-order valence-corrected chi connectivity index (χ1v) is 29.7. The lowest BCUT2D eigenvalue weighted by atomic mass is 9.84. The zero-order valence-corrected chi connectivity index (χ0v) is 44.6. The molecule has 2 rings (SSSR count). The molecule has 0 aromatic rings. The van der Waals surface area contributed by atoms with Gasteiger partial charge in [-0.25, -0.2) is 9.13 Å². The second kappa shape index (κ2) is 34.0. The Hall–Kier alpha value is -0.0200. The van der Waals surface area contributed by atoms with Gasteiger partial charge >= 0.3 is 65.2 Å². The zero-order chi connectivity index (χ0) is 53.6. The Morgan fingerprint density at radius 1 is 0.380 bits per heavy atom. The molecule has 2 fully saturated rings. The van der Waals surface area contributed by atoms with Gasteiger partial charge in [0.05, 0.1) is 78.3 Å². The smallest absolute Gasteiger partial charge is 0.382 e. The highest BCUT2D eigenvalue weighted by atomic mass is 31.2. The van der Waals surface area contributed by atoms with E-state index in [-0.39, 0.29) is 39.6 Å². The van der Waals surface area contributed by atoms with Gasteiger partial charge in [0.25, 0.3) is 0 Å². The summed E-state index contributed by atoms with van der Waals surface area (Å²) in [6.45, 7) is -0.0362. The van der Waals surface area contributed by atoms with Crippen LogP contribution in [0.5, 0.6) is 0 Å². The molecule has 412 valence electrons. The molecule has 0 saturated heterocycles. The minimum atomic E-state index is -5.85. The molecule has 2 aliphatic carbocycles. The van der Waals surface area contributed by atoms with Crippen LogP contribution in [-0.4, -0.2) is 215 Å². The van der Waals surface area contributed by atoms with Gasteiger partial charge in [-0.3, -0.25) is 9.05 Å². The van der Waals surface area contributed by atoms with Crippen molar-refractivity contribution in [2.24, 2.45) is 0 Å². The van der Waals surface area contributed by atoms with Crippen molar-refractivity contribution in [1.82, 2.24) is 0 Å². The summed E-state index contributed by atoms with van der Waals surface area (Å²) in [5, 5.41) is 0. The fraction of sp³-hybridized carbons (Fsp3) is 1.00. The maximum absolute atomic E-state index is 12.3. The van der Waals surface area contributed by atoms with E-state index in [1.165, 1.54) is 14.2 Å². The Labute approximate surface area is 408 Å². The van der Waals surface area contributed by atoms with Crippen molar-refractivity contribution >= 4 is 65.2 Å². The number of hydrogen-bond acceptors (Lipinski definition) is 25. The molecule has 10 N–H and O–H groups in total. The Morgan fingerprint density at radius 2 is 0.606 bits per heavy atom. The van der Waals surface area contributed by atoms with Crippen molar-refractivity contribution in [2.75, 3.05) is 80.3 Å². The second-order valence-corrected chi connectivity index (χ2v) is 20.7. The molecule has 71 heavy (non-hydrogen) atoms. The van der Waals surface area contributed by atoms with E-state index >= 15 is 0 Å². The number of methoxy groups -OCH3 is 2. The second-order valence-electron chi connectivity index (χ2n) is 14.2. The van der Waals surface area contributed by atoms with E-state index in [9.17, 15) is 85.5 Å². The summed E-state index contributed by atoms with van der Waals surface area (Å²) in [5.41, 5.74) is 0. The van der Waals surface area contributed by atoms with Crippen LogP contribution in [0.1, 0.15) is 13.8 Å². The molecule has 35 nitrogen and oxygen atoms in total. The van der Waals surface area contributed by atoms with Gasteiger partial charge in [0.2, 0.25) is 0 Å². The third-order valence-corrected chi connectivity index (χ3v) is 12.7. The molecule has 0 aromatic heterocycles. The number of phosphoric acid groups is 2. The molecule has 8 unspecified atom stereocenters. The highest BCUT2D eigenvalue weighted by Gasteiger charge is 2.65. The summed E-state index contributed by atoms with van der Waals surface area (Å²) in [5.74, 6) is 0. The van der Waals surface area contributed by atoms with Crippen molar-refractivity contribution < 1.29 is 164 Å². The Balaban J connectivity index is 2.50. The molecule has 0 radical (unpaired) electrons. The molecule has 2 aliphatic rings. The number of ether oxygens (including phenoxy) is 9. The van der Waals surface area contributed by atoms with Gasteiger partial charge < -0.3 is 62.2 Å². The SMILES string of the molecule is COC[C@H](C)OCCO[C@@H]1C(O[P+](=O)O)[C@H](OCCO[C@@H](C)COC)[C@@H](O[P+](=O)O)C(OCCOCCO[C@H]2[C@@H](O[P+](=O)O)[C@H](O[P+](=O)O)[C@@H](O[P+](=O)O)[C@H](OP(=O)(O)O)[C@H]2OP(=O)(O)O)[C@H]1O[P+](=O)O. The standard InChI is InChI=1S/C28H50O35P8/c1-15(13-47-3)50-9-11-54-18-21(56-64(29)30)17(22(57-65(31)32)19(23(18)58-66(33)34)55-12-10-51-16(2)14-48-4)52-7-5-49-6-8-53-20-24(59-67(35)36)25(60-68(37)38)26(61-69(39)40)28(63-71(44,45)46)27(20)62-70(41,42)43/h15-28H,5-14H2,1-4H3,(H4-6,29,30,31,32,33,34,35,36,37,38,39,40,41,42,43,44,45,46)/p+6/t15-,16-,17?,18-,19+,20-,21+,22-,23?,24+,25-,26+,27-,28-/m0/s1. The number of hydrogen-bond donors (Lipinski definition) is 10. The minimum Gasteiger partial charge on any atom is -0.382 e. The average Bonchev–Trinajstić information content (AvgIpc) is 3.22. The van der Waals surface area contributed by atoms with E-state index in [0.29, 0.717) is 0 Å². The lowest BCUT2D eigenvalue weighted by molar-refractivity contribution is -0.245. The lowest BCUT2D eigenvalue weighted by Crippen LogP contribution is -2.67. The number of phosphoric ester groups is 2.